The predicted octanol–water partition coefficient (Wildman–Crippen LogP) is 3.11. The van der Waals surface area contributed by atoms with Crippen LogP contribution in [0.15, 0.2) is 67.0 Å². The van der Waals surface area contributed by atoms with E-state index in [1.807, 2.05) is 72.3 Å². The molecule has 152 valence electrons. The number of pyridine rings is 1. The third kappa shape index (κ3) is 4.91. The first-order chi connectivity index (χ1) is 14.7. The van der Waals surface area contributed by atoms with Gasteiger partial charge >= 0.3 is 0 Å². The van der Waals surface area contributed by atoms with E-state index in [2.05, 4.69) is 31.1 Å². The SMILES string of the molecule is Cc1ccc(Nc2ccc(NCCNC(=O)Cn3ccc4ccccc43)nn2)nc1. The molecular formula is C22H23N7O. The number of rotatable bonds is 8. The highest BCUT2D eigenvalue weighted by Crippen LogP contribution is 2.15. The second kappa shape index (κ2) is 9.04. The lowest BCUT2D eigenvalue weighted by molar-refractivity contribution is -0.121. The Morgan fingerprint density at radius 3 is 2.53 bits per heavy atom. The Kier molecular flexibility index (Phi) is 5.84. The number of benzene rings is 1. The molecule has 4 aromatic rings. The molecule has 0 aliphatic heterocycles. The van der Waals surface area contributed by atoms with Crippen LogP contribution in [0.25, 0.3) is 10.9 Å². The van der Waals surface area contributed by atoms with Crippen LogP contribution in [-0.4, -0.2) is 38.7 Å². The molecule has 1 amide bonds. The fourth-order valence-corrected chi connectivity index (χ4v) is 3.05. The molecule has 0 aliphatic rings. The highest BCUT2D eigenvalue weighted by Gasteiger charge is 2.05. The number of carbonyl (C=O) groups excluding carboxylic acids is 1. The molecule has 3 heterocycles. The van der Waals surface area contributed by atoms with Gasteiger partial charge in [0.05, 0.1) is 0 Å². The van der Waals surface area contributed by atoms with Crippen molar-refractivity contribution in [3.63, 3.8) is 0 Å². The predicted molar refractivity (Wildman–Crippen MR) is 118 cm³/mol. The molecule has 0 saturated carbocycles. The van der Waals surface area contributed by atoms with E-state index in [4.69, 9.17) is 0 Å². The van der Waals surface area contributed by atoms with E-state index in [0.717, 1.165) is 16.5 Å². The summed E-state index contributed by atoms with van der Waals surface area (Å²) in [5.41, 5.74) is 2.15. The number of carbonyl (C=O) groups is 1. The van der Waals surface area contributed by atoms with Gasteiger partial charge < -0.3 is 20.5 Å². The van der Waals surface area contributed by atoms with E-state index in [1.54, 1.807) is 6.20 Å². The van der Waals surface area contributed by atoms with Crippen LogP contribution in [0.2, 0.25) is 0 Å². The average molecular weight is 401 g/mol. The average Bonchev–Trinajstić information content (AvgIpc) is 3.17. The van der Waals surface area contributed by atoms with Crippen LogP contribution in [0.3, 0.4) is 0 Å². The number of hydrogen-bond donors (Lipinski definition) is 3. The summed E-state index contributed by atoms with van der Waals surface area (Å²) in [6.07, 6.45) is 3.72. The highest BCUT2D eigenvalue weighted by atomic mass is 16.1. The Balaban J connectivity index is 1.20. The van der Waals surface area contributed by atoms with Crippen LogP contribution in [0.4, 0.5) is 17.5 Å². The molecule has 30 heavy (non-hydrogen) atoms. The number of aromatic nitrogens is 4. The number of anilines is 3. The Bertz CT molecular complexity index is 1120. The molecule has 8 heteroatoms. The summed E-state index contributed by atoms with van der Waals surface area (Å²) in [6.45, 7) is 3.33. The molecule has 0 bridgehead atoms. The molecule has 0 aliphatic carbocycles. The van der Waals surface area contributed by atoms with Gasteiger partial charge in [-0.2, -0.15) is 0 Å². The molecule has 0 fully saturated rings. The number of para-hydroxylation sites is 1. The maximum atomic E-state index is 12.2. The van der Waals surface area contributed by atoms with Crippen molar-refractivity contribution >= 4 is 34.3 Å². The third-order valence-electron chi connectivity index (χ3n) is 4.58. The molecule has 1 aromatic carbocycles. The topological polar surface area (TPSA) is 96.8 Å². The van der Waals surface area contributed by atoms with Crippen molar-refractivity contribution in [3.05, 3.63) is 72.6 Å². The van der Waals surface area contributed by atoms with E-state index >= 15 is 0 Å². The number of nitrogens with zero attached hydrogens (tertiary/aromatic N) is 4. The van der Waals surface area contributed by atoms with Crippen molar-refractivity contribution in [2.45, 2.75) is 13.5 Å². The van der Waals surface area contributed by atoms with Gasteiger partial charge in [-0.05, 0) is 48.2 Å². The monoisotopic (exact) mass is 401 g/mol. The normalized spacial score (nSPS) is 10.7. The molecular weight excluding hydrogens is 378 g/mol. The lowest BCUT2D eigenvalue weighted by atomic mass is 10.2. The Labute approximate surface area is 174 Å². The van der Waals surface area contributed by atoms with Gasteiger partial charge in [-0.25, -0.2) is 4.98 Å². The smallest absolute Gasteiger partial charge is 0.240 e. The molecule has 3 aromatic heterocycles. The van der Waals surface area contributed by atoms with Crippen LogP contribution in [0.1, 0.15) is 5.56 Å². The molecule has 0 spiro atoms. The van der Waals surface area contributed by atoms with Gasteiger partial charge in [-0.3, -0.25) is 4.79 Å². The molecule has 3 N–H and O–H groups in total. The molecule has 4 rings (SSSR count). The van der Waals surface area contributed by atoms with E-state index in [9.17, 15) is 4.79 Å². The molecule has 0 unspecified atom stereocenters. The molecule has 0 atom stereocenters. The van der Waals surface area contributed by atoms with E-state index in [-0.39, 0.29) is 5.91 Å². The number of aryl methyl sites for hydroxylation is 1. The maximum absolute atomic E-state index is 12.2. The quantitative estimate of drug-likeness (QED) is 0.393. The fourth-order valence-electron chi connectivity index (χ4n) is 3.05. The first-order valence-electron chi connectivity index (χ1n) is 9.75. The van der Waals surface area contributed by atoms with E-state index in [0.29, 0.717) is 37.1 Å². The van der Waals surface area contributed by atoms with Crippen molar-refractivity contribution in [2.75, 3.05) is 23.7 Å². The van der Waals surface area contributed by atoms with Crippen LogP contribution in [0.5, 0.6) is 0 Å². The van der Waals surface area contributed by atoms with Crippen molar-refractivity contribution in [1.29, 1.82) is 0 Å². The van der Waals surface area contributed by atoms with Gasteiger partial charge in [-0.15, -0.1) is 10.2 Å². The zero-order valence-corrected chi connectivity index (χ0v) is 16.7. The van der Waals surface area contributed by atoms with Gasteiger partial charge in [-0.1, -0.05) is 24.3 Å². The van der Waals surface area contributed by atoms with Crippen molar-refractivity contribution < 1.29 is 4.79 Å². The zero-order chi connectivity index (χ0) is 20.8. The summed E-state index contributed by atoms with van der Waals surface area (Å²) in [4.78, 5) is 16.5. The number of amides is 1. The first kappa shape index (κ1) is 19.4. The summed E-state index contributed by atoms with van der Waals surface area (Å²) in [7, 11) is 0. The summed E-state index contributed by atoms with van der Waals surface area (Å²) in [6, 6.07) is 17.5. The van der Waals surface area contributed by atoms with Crippen LogP contribution >= 0.6 is 0 Å². The van der Waals surface area contributed by atoms with Gasteiger partial charge in [0.2, 0.25) is 5.91 Å². The van der Waals surface area contributed by atoms with Crippen molar-refractivity contribution in [2.24, 2.45) is 0 Å². The summed E-state index contributed by atoms with van der Waals surface area (Å²) < 4.78 is 1.94. The second-order valence-corrected chi connectivity index (χ2v) is 6.93. The van der Waals surface area contributed by atoms with Crippen LogP contribution in [0, 0.1) is 6.92 Å². The fraction of sp³-hybridized carbons (Fsp3) is 0.182. The minimum absolute atomic E-state index is 0.0330. The summed E-state index contributed by atoms with van der Waals surface area (Å²) >= 11 is 0. The molecule has 0 saturated heterocycles. The van der Waals surface area contributed by atoms with Gasteiger partial charge in [0, 0.05) is 31.0 Å². The minimum Gasteiger partial charge on any atom is -0.367 e. The number of fused-ring (bicyclic) bond motifs is 1. The van der Waals surface area contributed by atoms with E-state index < -0.39 is 0 Å². The zero-order valence-electron chi connectivity index (χ0n) is 16.7. The standard InChI is InChI=1S/C22H23N7O/c1-16-6-7-19(25-14-16)26-21-9-8-20(27-28-21)23-11-12-24-22(30)15-29-13-10-17-4-2-3-5-18(17)29/h2-10,13-14H,11-12,15H2,1H3,(H,23,27)(H,24,30)(H,25,26,28). The minimum atomic E-state index is -0.0330. The third-order valence-corrected chi connectivity index (χ3v) is 4.58. The Hall–Kier alpha value is -3.94. The number of nitrogens with one attached hydrogen (secondary N) is 3. The van der Waals surface area contributed by atoms with Crippen molar-refractivity contribution in [1.82, 2.24) is 25.1 Å². The van der Waals surface area contributed by atoms with Gasteiger partial charge in [0.15, 0.2) is 5.82 Å². The second-order valence-electron chi connectivity index (χ2n) is 6.93. The number of hydrogen-bond acceptors (Lipinski definition) is 6. The van der Waals surface area contributed by atoms with Crippen LogP contribution < -0.4 is 16.0 Å². The van der Waals surface area contributed by atoms with Crippen molar-refractivity contribution in [3.8, 4) is 0 Å². The lowest BCUT2D eigenvalue weighted by Crippen LogP contribution is -2.31. The Morgan fingerprint density at radius 1 is 0.933 bits per heavy atom. The molecule has 8 nitrogen and oxygen atoms in total. The van der Waals surface area contributed by atoms with E-state index in [1.165, 1.54) is 0 Å². The largest absolute Gasteiger partial charge is 0.367 e. The highest BCUT2D eigenvalue weighted by molar-refractivity contribution is 5.83. The first-order valence-corrected chi connectivity index (χ1v) is 9.75. The van der Waals surface area contributed by atoms with Gasteiger partial charge in [0.25, 0.3) is 0 Å². The Morgan fingerprint density at radius 2 is 1.73 bits per heavy atom. The summed E-state index contributed by atoms with van der Waals surface area (Å²) in [5.74, 6) is 1.94. The maximum Gasteiger partial charge on any atom is 0.240 e. The molecule has 0 radical (unpaired) electrons. The van der Waals surface area contributed by atoms with Crippen LogP contribution in [-0.2, 0) is 11.3 Å². The van der Waals surface area contributed by atoms with Gasteiger partial charge in [0.1, 0.15) is 18.2 Å². The summed E-state index contributed by atoms with van der Waals surface area (Å²) in [5, 5.41) is 18.6. The lowest BCUT2D eigenvalue weighted by Gasteiger charge is -2.09.